The van der Waals surface area contributed by atoms with E-state index in [1.54, 1.807) is 12.1 Å². The zero-order valence-electron chi connectivity index (χ0n) is 46.4. The Bertz CT molecular complexity index is 3660. The molecule has 0 atom stereocenters. The van der Waals surface area contributed by atoms with Crippen LogP contribution in [0.3, 0.4) is 0 Å². The molecule has 9 rings (SSSR count). The van der Waals surface area contributed by atoms with Crippen molar-refractivity contribution >= 4 is 82.2 Å². The molecule has 0 saturated carbocycles. The second-order valence-electron chi connectivity index (χ2n) is 20.8. The van der Waals surface area contributed by atoms with E-state index in [1.165, 1.54) is 57.7 Å². The first kappa shape index (κ1) is 58.0. The predicted octanol–water partition coefficient (Wildman–Crippen LogP) is 12.0. The lowest BCUT2D eigenvalue weighted by Crippen LogP contribution is -2.29. The minimum absolute atomic E-state index is 0.123. The molecule has 0 fully saturated rings. The molecule has 414 valence electrons. The highest BCUT2D eigenvalue weighted by molar-refractivity contribution is 7.86. The Balaban J connectivity index is 0.00000110. The number of hydrogen-bond acceptors (Lipinski definition) is 12. The monoisotopic (exact) mass is 1110 g/mol. The molecule has 79 heavy (non-hydrogen) atoms. The van der Waals surface area contributed by atoms with Crippen molar-refractivity contribution in [3.63, 3.8) is 0 Å². The summed E-state index contributed by atoms with van der Waals surface area (Å²) in [4.78, 5) is 30.4. The van der Waals surface area contributed by atoms with Gasteiger partial charge in [-0.1, -0.05) is 101 Å². The summed E-state index contributed by atoms with van der Waals surface area (Å²) in [6.45, 7) is 22.3. The molecule has 0 saturated heterocycles. The lowest BCUT2D eigenvalue weighted by molar-refractivity contribution is -0.440. The van der Waals surface area contributed by atoms with Crippen LogP contribution in [0.1, 0.15) is 86.3 Å². The molecule has 0 radical (unpaired) electrons. The first-order valence-corrected chi connectivity index (χ1v) is 29.6. The fourth-order valence-electron chi connectivity index (χ4n) is 11.4. The molecular formula is C63H70N4O10S2. The average molecular weight is 1110 g/mol. The van der Waals surface area contributed by atoms with Gasteiger partial charge in [-0.25, -0.2) is 8.42 Å². The Hall–Kier alpha value is -7.21. The quantitative estimate of drug-likeness (QED) is 0.0519. The second-order valence-corrected chi connectivity index (χ2v) is 23.6. The molecule has 16 heteroatoms. The molecule has 0 spiro atoms. The number of carbonyl (C=O) groups is 2. The van der Waals surface area contributed by atoms with Crippen LogP contribution in [0.15, 0.2) is 178 Å². The molecule has 6 aromatic carbocycles. The van der Waals surface area contributed by atoms with Gasteiger partial charge in [0.05, 0.1) is 27.4 Å². The predicted molar refractivity (Wildman–Crippen MR) is 312 cm³/mol. The maximum atomic E-state index is 12.2. The molecule has 0 bridgehead atoms. The van der Waals surface area contributed by atoms with Crippen LogP contribution in [0.5, 0.6) is 0 Å². The molecule has 0 aromatic heterocycles. The first-order valence-electron chi connectivity index (χ1n) is 26.7. The first-order chi connectivity index (χ1) is 37.5. The highest BCUT2D eigenvalue weighted by atomic mass is 32.2. The Kier molecular flexibility index (Phi) is 17.3. The van der Waals surface area contributed by atoms with Crippen LogP contribution in [0.4, 0.5) is 22.7 Å². The van der Waals surface area contributed by atoms with E-state index in [-0.39, 0.29) is 23.0 Å². The van der Waals surface area contributed by atoms with Crippen molar-refractivity contribution in [2.24, 2.45) is 0 Å². The largest absolute Gasteiger partial charge is 0.744 e. The second kappa shape index (κ2) is 23.6. The topological polar surface area (TPSA) is 177 Å². The van der Waals surface area contributed by atoms with E-state index < -0.39 is 43.0 Å². The molecule has 6 aromatic rings. The van der Waals surface area contributed by atoms with Crippen molar-refractivity contribution in [1.82, 2.24) is 4.90 Å². The lowest BCUT2D eigenvalue weighted by Gasteiger charge is -2.29. The zero-order valence-corrected chi connectivity index (χ0v) is 48.1. The summed E-state index contributed by atoms with van der Waals surface area (Å²) >= 11 is 0. The highest BCUT2D eigenvalue weighted by Crippen LogP contribution is 2.52. The van der Waals surface area contributed by atoms with Crippen LogP contribution in [0.25, 0.3) is 21.5 Å². The lowest BCUT2D eigenvalue weighted by atomic mass is 9.79. The third-order valence-corrected chi connectivity index (χ3v) is 16.9. The number of hydrogen-bond donors (Lipinski definition) is 1. The van der Waals surface area contributed by atoms with Crippen LogP contribution >= 0.6 is 0 Å². The van der Waals surface area contributed by atoms with Crippen molar-refractivity contribution in [2.45, 2.75) is 95.8 Å². The molecule has 0 unspecified atom stereocenters. The third kappa shape index (κ3) is 12.2. The maximum absolute atomic E-state index is 12.2. The van der Waals surface area contributed by atoms with Gasteiger partial charge in [0.15, 0.2) is 18.9 Å². The Morgan fingerprint density at radius 2 is 1.24 bits per heavy atom. The van der Waals surface area contributed by atoms with E-state index >= 15 is 0 Å². The van der Waals surface area contributed by atoms with Gasteiger partial charge in [-0.15, -0.1) is 0 Å². The van der Waals surface area contributed by atoms with Crippen LogP contribution in [0.2, 0.25) is 0 Å². The summed E-state index contributed by atoms with van der Waals surface area (Å²) in [5.74, 6) is -0.788. The normalized spacial score (nSPS) is 16.8. The van der Waals surface area contributed by atoms with Gasteiger partial charge in [0.2, 0.25) is 5.69 Å². The average Bonchev–Trinajstić information content (AvgIpc) is 4.05. The highest BCUT2D eigenvalue weighted by Gasteiger charge is 2.46. The van der Waals surface area contributed by atoms with E-state index in [4.69, 9.17) is 9.47 Å². The third-order valence-electron chi connectivity index (χ3n) is 15.2. The minimum atomic E-state index is -4.69. The van der Waals surface area contributed by atoms with Gasteiger partial charge < -0.3 is 28.7 Å². The minimum Gasteiger partial charge on any atom is -0.744 e. The van der Waals surface area contributed by atoms with Crippen LogP contribution in [-0.4, -0.2) is 99.0 Å². The molecule has 2 heterocycles. The van der Waals surface area contributed by atoms with Crippen molar-refractivity contribution in [2.75, 3.05) is 55.7 Å². The standard InChI is InChI=1S/C57H55N3O10S2.C6H15N/c1-37(61)69-33-31-58-49-27-19-41-35-45(71(63,64)65)23-25-47(41)53(49)56(3,4)51(58)29-21-39-17-18-40(55(39)60(43-13-9-7-10-14-43)44-15-11-8-12-16-44)22-30-52-57(5,6)54-48-26-24-46(72(66,67)68)36-42(48)20-28-50(54)59(52)32-34-70-38(2)62;1-4-7(5-2)6-3/h7-16,19-30,35-36H,17-18,31-34H2,1-6H3,(H-,63,64,65,66,67,68);4-6H2,1-3H3. The van der Waals surface area contributed by atoms with Crippen molar-refractivity contribution < 1.29 is 49.6 Å². The Morgan fingerprint density at radius 3 is 1.80 bits per heavy atom. The van der Waals surface area contributed by atoms with E-state index in [2.05, 4.69) is 116 Å². The SMILES string of the molecule is CC(=O)OCCN1/C(=C\C=C2/CCC(/C=C/C3=[N+](CCOC(C)=O)c4ccc5cc(S(=O)(=O)O)ccc5c4C3(C)C)=C2N(c2ccccc2)c2ccccc2)C(C)(C)c2c1ccc1cc(S(=O)(=O)[O-])ccc21.CCN(CC)CC. The summed E-state index contributed by atoms with van der Waals surface area (Å²) in [6.07, 6.45) is 9.98. The summed E-state index contributed by atoms with van der Waals surface area (Å²) < 4.78 is 83.6. The molecule has 14 nitrogen and oxygen atoms in total. The Morgan fingerprint density at radius 1 is 0.684 bits per heavy atom. The number of fused-ring (bicyclic) bond motifs is 6. The Labute approximate surface area is 465 Å². The fraction of sp³-hybridized carbons (Fsp3) is 0.317. The van der Waals surface area contributed by atoms with Crippen LogP contribution in [-0.2, 0) is 50.1 Å². The van der Waals surface area contributed by atoms with Gasteiger partial charge in [0.1, 0.15) is 16.7 Å². The van der Waals surface area contributed by atoms with E-state index in [9.17, 15) is 35.5 Å². The van der Waals surface area contributed by atoms with E-state index in [0.29, 0.717) is 36.7 Å². The smallest absolute Gasteiger partial charge is 0.302 e. The molecule has 1 aliphatic carbocycles. The van der Waals surface area contributed by atoms with Gasteiger partial charge in [-0.3, -0.25) is 14.1 Å². The number of nitrogens with zero attached hydrogens (tertiary/aromatic N) is 4. The van der Waals surface area contributed by atoms with E-state index in [0.717, 1.165) is 72.9 Å². The van der Waals surface area contributed by atoms with Crippen LogP contribution in [0, 0.1) is 0 Å². The van der Waals surface area contributed by atoms with Crippen LogP contribution < -0.4 is 9.80 Å². The summed E-state index contributed by atoms with van der Waals surface area (Å²) in [5.41, 5.74) is 9.30. The molecule has 2 aliphatic heterocycles. The van der Waals surface area contributed by atoms with Gasteiger partial charge in [0.25, 0.3) is 10.1 Å². The van der Waals surface area contributed by atoms with Crippen molar-refractivity contribution in [3.05, 3.63) is 179 Å². The maximum Gasteiger partial charge on any atom is 0.302 e. The number of benzene rings is 6. The van der Waals surface area contributed by atoms with Gasteiger partial charge in [0, 0.05) is 59.7 Å². The zero-order chi connectivity index (χ0) is 57.0. The summed E-state index contributed by atoms with van der Waals surface area (Å²) in [5, 5.41) is 2.91. The summed E-state index contributed by atoms with van der Waals surface area (Å²) in [6, 6.07) is 37.0. The molecule has 3 aliphatic rings. The number of carbonyl (C=O) groups excluding carboxylic acids is 2. The number of ether oxygens (including phenoxy) is 2. The molecule has 0 amide bonds. The number of anilines is 3. The van der Waals surface area contributed by atoms with Gasteiger partial charge in [-0.2, -0.15) is 13.0 Å². The van der Waals surface area contributed by atoms with Gasteiger partial charge in [-0.05, 0) is 151 Å². The number of rotatable bonds is 17. The number of esters is 2. The molecule has 1 N–H and O–H groups in total. The van der Waals surface area contributed by atoms with Gasteiger partial charge >= 0.3 is 11.9 Å². The van der Waals surface area contributed by atoms with E-state index in [1.807, 2.05) is 60.7 Å². The summed E-state index contributed by atoms with van der Waals surface area (Å²) in [7, 11) is -9.13. The van der Waals surface area contributed by atoms with Crippen molar-refractivity contribution in [3.8, 4) is 0 Å². The van der Waals surface area contributed by atoms with Crippen molar-refractivity contribution in [1.29, 1.82) is 0 Å². The molecular weight excluding hydrogens is 1040 g/mol. The number of para-hydroxylation sites is 2. The number of allylic oxidation sites excluding steroid dienone is 7. The fourth-order valence-corrected chi connectivity index (χ4v) is 12.4.